The van der Waals surface area contributed by atoms with Crippen molar-refractivity contribution >= 4 is 16.9 Å². The minimum Gasteiger partial charge on any atom is -0.468 e. The van der Waals surface area contributed by atoms with Gasteiger partial charge >= 0.3 is 6.18 Å². The molecule has 2 saturated heterocycles. The van der Waals surface area contributed by atoms with Gasteiger partial charge in [0, 0.05) is 44.5 Å². The first-order chi connectivity index (χ1) is 20.7. The number of hydrogen-bond acceptors (Lipinski definition) is 7. The molecule has 1 unspecified atom stereocenters. The van der Waals surface area contributed by atoms with E-state index in [1.165, 1.54) is 0 Å². The Balaban J connectivity index is 1.57. The maximum Gasteiger partial charge on any atom is 0.390 e. The Morgan fingerprint density at radius 1 is 1.09 bits per heavy atom. The van der Waals surface area contributed by atoms with Gasteiger partial charge in [0.2, 0.25) is 0 Å². The zero-order valence-corrected chi connectivity index (χ0v) is 26.3. The van der Waals surface area contributed by atoms with E-state index in [1.807, 2.05) is 63.8 Å². The SMILES string of the molecule is COCOc1ccc(-c2cc(C(=O)N3CC(C)(C)N(CCC(F)(F)F)CC3(C)C)c3c(C)nn(C4CCCCO4)c3n2)cc1. The smallest absolute Gasteiger partial charge is 0.390 e. The highest BCUT2D eigenvalue weighted by molar-refractivity contribution is 6.08. The van der Waals surface area contributed by atoms with Gasteiger partial charge in [-0.25, -0.2) is 9.67 Å². The molecule has 3 aromatic rings. The lowest BCUT2D eigenvalue weighted by Crippen LogP contribution is -2.68. The number of rotatable bonds is 8. The highest BCUT2D eigenvalue weighted by Gasteiger charge is 2.46. The zero-order valence-electron chi connectivity index (χ0n) is 26.3. The molecule has 2 fully saturated rings. The number of halogens is 3. The minimum atomic E-state index is -4.25. The van der Waals surface area contributed by atoms with E-state index in [0.29, 0.717) is 46.9 Å². The van der Waals surface area contributed by atoms with E-state index in [-0.39, 0.29) is 32.0 Å². The largest absolute Gasteiger partial charge is 0.468 e. The quantitative estimate of drug-likeness (QED) is 0.272. The van der Waals surface area contributed by atoms with Crippen LogP contribution in [0, 0.1) is 6.92 Å². The first kappa shape index (κ1) is 32.2. The highest BCUT2D eigenvalue weighted by Crippen LogP contribution is 2.37. The van der Waals surface area contributed by atoms with E-state index in [1.54, 1.807) is 22.8 Å². The predicted octanol–water partition coefficient (Wildman–Crippen LogP) is 6.36. The van der Waals surface area contributed by atoms with Gasteiger partial charge in [-0.3, -0.25) is 9.69 Å². The summed E-state index contributed by atoms with van der Waals surface area (Å²) in [6.45, 7) is 10.7. The van der Waals surface area contributed by atoms with Gasteiger partial charge in [0.15, 0.2) is 18.7 Å². The molecule has 2 aromatic heterocycles. The molecule has 0 bridgehead atoms. The van der Waals surface area contributed by atoms with Crippen LogP contribution >= 0.6 is 0 Å². The van der Waals surface area contributed by atoms with Crippen LogP contribution in [0.25, 0.3) is 22.3 Å². The Kier molecular flexibility index (Phi) is 8.99. The molecule has 4 heterocycles. The maximum absolute atomic E-state index is 14.6. The number of ether oxygens (including phenoxy) is 3. The summed E-state index contributed by atoms with van der Waals surface area (Å²) in [4.78, 5) is 23.3. The van der Waals surface area contributed by atoms with Crippen LogP contribution in [-0.4, -0.2) is 87.9 Å². The molecule has 0 N–H and O–H groups in total. The second kappa shape index (κ2) is 12.3. The van der Waals surface area contributed by atoms with Crippen molar-refractivity contribution in [3.63, 3.8) is 0 Å². The molecule has 0 spiro atoms. The Morgan fingerprint density at radius 2 is 1.82 bits per heavy atom. The van der Waals surface area contributed by atoms with Crippen LogP contribution in [0.4, 0.5) is 13.2 Å². The Morgan fingerprint density at radius 3 is 2.45 bits per heavy atom. The second-order valence-corrected chi connectivity index (χ2v) is 13.0. The van der Waals surface area contributed by atoms with Gasteiger partial charge in [-0.15, -0.1) is 0 Å². The van der Waals surface area contributed by atoms with Gasteiger partial charge < -0.3 is 19.1 Å². The number of carbonyl (C=O) groups is 1. The lowest BCUT2D eigenvalue weighted by Gasteiger charge is -2.55. The number of piperazine rings is 1. The van der Waals surface area contributed by atoms with Crippen molar-refractivity contribution in [2.75, 3.05) is 40.1 Å². The fourth-order valence-corrected chi connectivity index (χ4v) is 6.20. The van der Waals surface area contributed by atoms with E-state index in [9.17, 15) is 18.0 Å². The maximum atomic E-state index is 14.6. The van der Waals surface area contributed by atoms with Crippen LogP contribution in [-0.2, 0) is 9.47 Å². The second-order valence-electron chi connectivity index (χ2n) is 13.0. The summed E-state index contributed by atoms with van der Waals surface area (Å²) in [7, 11) is 1.55. The van der Waals surface area contributed by atoms with Crippen LogP contribution in [0.2, 0.25) is 0 Å². The lowest BCUT2D eigenvalue weighted by atomic mass is 9.87. The predicted molar refractivity (Wildman–Crippen MR) is 160 cm³/mol. The molecular weight excluding hydrogens is 575 g/mol. The van der Waals surface area contributed by atoms with Gasteiger partial charge in [0.25, 0.3) is 5.91 Å². The number of pyridine rings is 1. The molecule has 2 aliphatic heterocycles. The molecule has 2 aliphatic rings. The molecular formula is C32H42F3N5O4. The van der Waals surface area contributed by atoms with Crippen LogP contribution in [0.3, 0.4) is 0 Å². The number of carbonyl (C=O) groups excluding carboxylic acids is 1. The van der Waals surface area contributed by atoms with Gasteiger partial charge in [0.1, 0.15) is 5.75 Å². The number of amides is 1. The summed E-state index contributed by atoms with van der Waals surface area (Å²) >= 11 is 0. The van der Waals surface area contributed by atoms with Crippen LogP contribution in [0.5, 0.6) is 5.75 Å². The van der Waals surface area contributed by atoms with Crippen LogP contribution in [0.15, 0.2) is 30.3 Å². The number of benzene rings is 1. The van der Waals surface area contributed by atoms with E-state index in [2.05, 4.69) is 0 Å². The summed E-state index contributed by atoms with van der Waals surface area (Å²) in [5.74, 6) is 0.427. The lowest BCUT2D eigenvalue weighted by molar-refractivity contribution is -0.146. The summed E-state index contributed by atoms with van der Waals surface area (Å²) in [6, 6.07) is 9.20. The van der Waals surface area contributed by atoms with Crippen LogP contribution in [0.1, 0.15) is 75.7 Å². The number of nitrogens with zero attached hydrogens (tertiary/aromatic N) is 5. The van der Waals surface area contributed by atoms with Crippen molar-refractivity contribution < 1.29 is 32.2 Å². The van der Waals surface area contributed by atoms with E-state index < -0.39 is 23.7 Å². The van der Waals surface area contributed by atoms with Crippen LogP contribution < -0.4 is 4.74 Å². The first-order valence-electron chi connectivity index (χ1n) is 15.1. The van der Waals surface area contributed by atoms with Crippen molar-refractivity contribution in [2.45, 2.75) is 83.8 Å². The number of fused-ring (bicyclic) bond motifs is 1. The number of methoxy groups -OCH3 is 1. The molecule has 44 heavy (non-hydrogen) atoms. The van der Waals surface area contributed by atoms with Gasteiger partial charge in [-0.05, 0) is 84.2 Å². The monoisotopic (exact) mass is 617 g/mol. The standard InChI is InChI=1S/C32H42F3N5O4/c1-21-27-24(29(41)39-19-30(2,3)38(18-31(39,4)5)15-14-32(33,34)35)17-25(22-10-12-23(13-11-22)44-20-42-6)36-28(27)40(37-21)26-9-7-8-16-43-26/h10-13,17,26H,7-9,14-16,18-20H2,1-6H3. The molecule has 240 valence electrons. The van der Waals surface area contributed by atoms with E-state index in [0.717, 1.165) is 24.8 Å². The molecule has 1 aromatic carbocycles. The Hall–Kier alpha value is -3.22. The summed E-state index contributed by atoms with van der Waals surface area (Å²) in [5, 5.41) is 5.47. The van der Waals surface area contributed by atoms with Crippen molar-refractivity contribution in [1.82, 2.24) is 24.6 Å². The molecule has 0 radical (unpaired) electrons. The number of aromatic nitrogens is 3. The summed E-state index contributed by atoms with van der Waals surface area (Å²) in [6.07, 6.45) is -2.66. The van der Waals surface area contributed by atoms with Crippen molar-refractivity contribution in [1.29, 1.82) is 0 Å². The fourth-order valence-electron chi connectivity index (χ4n) is 6.20. The number of aryl methyl sites for hydroxylation is 1. The Bertz CT molecular complexity index is 1480. The topological polar surface area (TPSA) is 82.0 Å². The number of hydrogen-bond donors (Lipinski definition) is 0. The molecule has 1 amide bonds. The van der Waals surface area contributed by atoms with E-state index >= 15 is 0 Å². The average Bonchev–Trinajstić information content (AvgIpc) is 3.32. The number of alkyl halides is 3. The molecule has 12 heteroatoms. The third-order valence-electron chi connectivity index (χ3n) is 8.61. The Labute approximate surface area is 256 Å². The van der Waals surface area contributed by atoms with Crippen molar-refractivity contribution in [2.24, 2.45) is 0 Å². The van der Waals surface area contributed by atoms with Crippen molar-refractivity contribution in [3.05, 3.63) is 41.6 Å². The van der Waals surface area contributed by atoms with Gasteiger partial charge in [-0.1, -0.05) is 0 Å². The molecule has 1 atom stereocenters. The van der Waals surface area contributed by atoms with Gasteiger partial charge in [-0.2, -0.15) is 18.3 Å². The summed E-state index contributed by atoms with van der Waals surface area (Å²) in [5.41, 5.74) is 1.67. The molecule has 9 nitrogen and oxygen atoms in total. The minimum absolute atomic E-state index is 0.122. The first-order valence-corrected chi connectivity index (χ1v) is 15.1. The third-order valence-corrected chi connectivity index (χ3v) is 8.61. The average molecular weight is 618 g/mol. The van der Waals surface area contributed by atoms with E-state index in [4.69, 9.17) is 24.3 Å². The van der Waals surface area contributed by atoms with Crippen molar-refractivity contribution in [3.8, 4) is 17.0 Å². The highest BCUT2D eigenvalue weighted by atomic mass is 19.4. The third kappa shape index (κ3) is 6.72. The summed E-state index contributed by atoms with van der Waals surface area (Å²) < 4.78 is 57.8. The fraction of sp³-hybridized carbons (Fsp3) is 0.594. The molecule has 0 saturated carbocycles. The molecule has 5 rings (SSSR count). The zero-order chi connectivity index (χ0) is 31.9. The normalized spacial score (nSPS) is 20.7. The molecule has 0 aliphatic carbocycles. The van der Waals surface area contributed by atoms with Gasteiger partial charge in [0.05, 0.1) is 34.3 Å².